The lowest BCUT2D eigenvalue weighted by molar-refractivity contribution is 0.0908. The number of amides is 1. The van der Waals surface area contributed by atoms with Crippen LogP contribution in [-0.4, -0.2) is 36.5 Å². The van der Waals surface area contributed by atoms with Crippen molar-refractivity contribution in [2.75, 3.05) is 19.6 Å². The van der Waals surface area contributed by atoms with E-state index in [1.54, 1.807) is 0 Å². The number of carbonyl (C=O) groups excluding carboxylic acids is 1. The van der Waals surface area contributed by atoms with Crippen LogP contribution < -0.4 is 11.1 Å². The summed E-state index contributed by atoms with van der Waals surface area (Å²) in [6, 6.07) is 8.33. The summed E-state index contributed by atoms with van der Waals surface area (Å²) < 4.78 is 0. The third-order valence-electron chi connectivity index (χ3n) is 5.32. The first kappa shape index (κ1) is 22.2. The maximum atomic E-state index is 12.6. The fraction of sp³-hybridized carbons (Fsp3) is 0.632. The summed E-state index contributed by atoms with van der Waals surface area (Å²) in [4.78, 5) is 15.1. The van der Waals surface area contributed by atoms with Gasteiger partial charge in [0.15, 0.2) is 0 Å². The average Bonchev–Trinajstić information content (AvgIpc) is 3.08. The van der Waals surface area contributed by atoms with Crippen molar-refractivity contribution in [3.63, 3.8) is 0 Å². The highest BCUT2D eigenvalue weighted by Gasteiger charge is 2.25. The fourth-order valence-corrected chi connectivity index (χ4v) is 3.94. The van der Waals surface area contributed by atoms with Crippen LogP contribution in [-0.2, 0) is 6.54 Å². The van der Waals surface area contributed by atoms with Crippen LogP contribution in [0.4, 0.5) is 0 Å². The van der Waals surface area contributed by atoms with E-state index in [9.17, 15) is 4.79 Å². The van der Waals surface area contributed by atoms with Crippen LogP contribution in [0.15, 0.2) is 24.3 Å². The fourth-order valence-electron chi connectivity index (χ4n) is 3.94. The number of halogens is 2. The van der Waals surface area contributed by atoms with Gasteiger partial charge in [0.25, 0.3) is 5.91 Å². The van der Waals surface area contributed by atoms with Crippen LogP contribution in [0.2, 0.25) is 0 Å². The van der Waals surface area contributed by atoms with Crippen molar-refractivity contribution in [3.8, 4) is 0 Å². The van der Waals surface area contributed by atoms with Crippen molar-refractivity contribution < 1.29 is 4.79 Å². The highest BCUT2D eigenvalue weighted by atomic mass is 35.5. The Hall–Kier alpha value is -0.810. The molecule has 4 nitrogen and oxygen atoms in total. The van der Waals surface area contributed by atoms with Gasteiger partial charge < -0.3 is 11.1 Å². The van der Waals surface area contributed by atoms with Crippen LogP contribution in [0.5, 0.6) is 0 Å². The van der Waals surface area contributed by atoms with Gasteiger partial charge in [-0.2, -0.15) is 0 Å². The summed E-state index contributed by atoms with van der Waals surface area (Å²) in [6.45, 7) is 3.98. The Labute approximate surface area is 163 Å². The van der Waals surface area contributed by atoms with E-state index in [0.29, 0.717) is 12.5 Å². The van der Waals surface area contributed by atoms with Crippen molar-refractivity contribution in [2.45, 2.75) is 51.1 Å². The predicted molar refractivity (Wildman–Crippen MR) is 108 cm³/mol. The Morgan fingerprint density at radius 2 is 1.84 bits per heavy atom. The third kappa shape index (κ3) is 6.14. The Morgan fingerprint density at radius 1 is 1.12 bits per heavy atom. The number of carbonyl (C=O) groups is 1. The normalized spacial score (nSPS) is 23.4. The number of nitrogens with two attached hydrogens (primary N) is 1. The van der Waals surface area contributed by atoms with E-state index in [2.05, 4.69) is 16.3 Å². The van der Waals surface area contributed by atoms with Gasteiger partial charge in [-0.15, -0.1) is 24.8 Å². The molecule has 2 unspecified atom stereocenters. The molecule has 1 heterocycles. The minimum atomic E-state index is 0. The van der Waals surface area contributed by atoms with E-state index in [1.165, 1.54) is 44.3 Å². The molecule has 0 radical (unpaired) electrons. The van der Waals surface area contributed by atoms with Gasteiger partial charge in [-0.05, 0) is 68.9 Å². The zero-order chi connectivity index (χ0) is 16.1. The number of hydrogen-bond acceptors (Lipinski definition) is 3. The molecule has 1 aliphatic carbocycles. The summed E-state index contributed by atoms with van der Waals surface area (Å²) in [5, 5.41) is 3.22. The van der Waals surface area contributed by atoms with Crippen molar-refractivity contribution in [1.82, 2.24) is 10.2 Å². The monoisotopic (exact) mass is 387 g/mol. The second-order valence-corrected chi connectivity index (χ2v) is 7.04. The molecule has 1 aliphatic heterocycles. The smallest absolute Gasteiger partial charge is 0.251 e. The van der Waals surface area contributed by atoms with E-state index >= 15 is 0 Å². The minimum Gasteiger partial charge on any atom is -0.349 e. The molecule has 25 heavy (non-hydrogen) atoms. The van der Waals surface area contributed by atoms with Crippen LogP contribution in [0.1, 0.15) is 54.4 Å². The van der Waals surface area contributed by atoms with Crippen molar-refractivity contribution >= 4 is 30.7 Å². The quantitative estimate of drug-likeness (QED) is 0.813. The van der Waals surface area contributed by atoms with Crippen molar-refractivity contribution in [1.29, 1.82) is 0 Å². The summed E-state index contributed by atoms with van der Waals surface area (Å²) >= 11 is 0. The van der Waals surface area contributed by atoms with E-state index < -0.39 is 0 Å². The topological polar surface area (TPSA) is 58.4 Å². The second kappa shape index (κ2) is 11.0. The molecule has 0 aromatic heterocycles. The Balaban J connectivity index is 0.00000156. The summed E-state index contributed by atoms with van der Waals surface area (Å²) in [5.74, 6) is 0.485. The van der Waals surface area contributed by atoms with E-state index in [1.807, 2.05) is 18.2 Å². The molecule has 1 aromatic rings. The van der Waals surface area contributed by atoms with Crippen LogP contribution in [0, 0.1) is 5.92 Å². The maximum Gasteiger partial charge on any atom is 0.251 e. The number of rotatable bonds is 5. The summed E-state index contributed by atoms with van der Waals surface area (Å²) in [7, 11) is 0. The molecule has 142 valence electrons. The second-order valence-electron chi connectivity index (χ2n) is 7.04. The Morgan fingerprint density at radius 3 is 2.56 bits per heavy atom. The molecule has 2 atom stereocenters. The van der Waals surface area contributed by atoms with E-state index in [0.717, 1.165) is 24.9 Å². The lowest BCUT2D eigenvalue weighted by Crippen LogP contribution is -2.44. The van der Waals surface area contributed by atoms with E-state index in [4.69, 9.17) is 5.73 Å². The maximum absolute atomic E-state index is 12.6. The molecule has 1 saturated heterocycles. The SMILES string of the molecule is Cl.Cl.NCC1CCCCC1NC(=O)c1cccc(CN2CCCC2)c1. The summed E-state index contributed by atoms with van der Waals surface area (Å²) in [5.41, 5.74) is 7.88. The molecule has 6 heteroatoms. The van der Waals surface area contributed by atoms with Gasteiger partial charge in [0.05, 0.1) is 0 Å². The zero-order valence-electron chi connectivity index (χ0n) is 14.8. The van der Waals surface area contributed by atoms with Gasteiger partial charge in [-0.25, -0.2) is 0 Å². The first-order chi connectivity index (χ1) is 11.3. The Bertz CT molecular complexity index is 535. The number of nitrogens with one attached hydrogen (secondary N) is 1. The average molecular weight is 388 g/mol. The molecule has 2 fully saturated rings. The third-order valence-corrected chi connectivity index (χ3v) is 5.32. The molecule has 3 N–H and O–H groups in total. The highest BCUT2D eigenvalue weighted by molar-refractivity contribution is 5.94. The Kier molecular flexibility index (Phi) is 9.80. The molecular formula is C19H31Cl2N3O. The summed E-state index contributed by atoms with van der Waals surface area (Å²) in [6.07, 6.45) is 7.21. The minimum absolute atomic E-state index is 0. The van der Waals surface area contributed by atoms with Gasteiger partial charge in [0.2, 0.25) is 0 Å². The van der Waals surface area contributed by atoms with Gasteiger partial charge in [-0.1, -0.05) is 25.0 Å². The molecule has 0 bridgehead atoms. The van der Waals surface area contributed by atoms with Crippen molar-refractivity contribution in [3.05, 3.63) is 35.4 Å². The van der Waals surface area contributed by atoms with Crippen LogP contribution in [0.3, 0.4) is 0 Å². The van der Waals surface area contributed by atoms with Gasteiger partial charge in [0.1, 0.15) is 0 Å². The van der Waals surface area contributed by atoms with Crippen LogP contribution >= 0.6 is 24.8 Å². The molecule has 3 rings (SSSR count). The molecule has 1 aromatic carbocycles. The molecule has 1 amide bonds. The zero-order valence-corrected chi connectivity index (χ0v) is 16.4. The first-order valence-electron chi connectivity index (χ1n) is 9.08. The molecule has 0 spiro atoms. The van der Waals surface area contributed by atoms with Gasteiger partial charge in [0, 0.05) is 18.2 Å². The molecule has 1 saturated carbocycles. The van der Waals surface area contributed by atoms with E-state index in [-0.39, 0.29) is 36.8 Å². The number of likely N-dealkylation sites (tertiary alicyclic amines) is 1. The molecular weight excluding hydrogens is 357 g/mol. The van der Waals surface area contributed by atoms with Gasteiger partial charge in [-0.3, -0.25) is 9.69 Å². The molecule has 2 aliphatic rings. The van der Waals surface area contributed by atoms with Crippen molar-refractivity contribution in [2.24, 2.45) is 11.7 Å². The predicted octanol–water partition coefficient (Wildman–Crippen LogP) is 3.37. The number of nitrogens with zero attached hydrogens (tertiary/aromatic N) is 1. The number of benzene rings is 1. The lowest BCUT2D eigenvalue weighted by atomic mass is 9.84. The largest absolute Gasteiger partial charge is 0.349 e. The lowest BCUT2D eigenvalue weighted by Gasteiger charge is -2.31. The number of hydrogen-bond donors (Lipinski definition) is 2. The van der Waals surface area contributed by atoms with Gasteiger partial charge >= 0.3 is 0 Å². The standard InChI is InChI=1S/C19H29N3O.2ClH/c20-13-17-7-1-2-9-18(17)21-19(23)16-8-5-6-15(12-16)14-22-10-3-4-11-22;;/h5-6,8,12,17-18H,1-4,7,9-11,13-14,20H2,(H,21,23);2*1H. The highest BCUT2D eigenvalue weighted by Crippen LogP contribution is 2.24. The van der Waals surface area contributed by atoms with Crippen LogP contribution in [0.25, 0.3) is 0 Å². The first-order valence-corrected chi connectivity index (χ1v) is 9.08.